The fourth-order valence-electron chi connectivity index (χ4n) is 5.57. The lowest BCUT2D eigenvalue weighted by molar-refractivity contribution is 0.0994. The smallest absolute Gasteiger partial charge is 0.169 e. The third kappa shape index (κ3) is 4.83. The van der Waals surface area contributed by atoms with Crippen molar-refractivity contribution in [1.29, 1.82) is 0 Å². The van der Waals surface area contributed by atoms with Crippen LogP contribution in [0.5, 0.6) is 0 Å². The van der Waals surface area contributed by atoms with Crippen molar-refractivity contribution in [3.05, 3.63) is 65.4 Å². The van der Waals surface area contributed by atoms with Gasteiger partial charge in [-0.05, 0) is 85.3 Å². The molecule has 2 aliphatic carbocycles. The van der Waals surface area contributed by atoms with Crippen molar-refractivity contribution in [1.82, 2.24) is 9.97 Å². The minimum atomic E-state index is -0.354. The Kier molecular flexibility index (Phi) is 6.34. The van der Waals surface area contributed by atoms with Crippen LogP contribution in [-0.2, 0) is 6.42 Å². The zero-order valence-corrected chi connectivity index (χ0v) is 20.0. The second kappa shape index (κ2) is 9.41. The van der Waals surface area contributed by atoms with Gasteiger partial charge >= 0.3 is 0 Å². The fourth-order valence-corrected chi connectivity index (χ4v) is 5.57. The van der Waals surface area contributed by atoms with E-state index in [0.717, 1.165) is 42.6 Å². The summed E-state index contributed by atoms with van der Waals surface area (Å²) in [5.74, 6) is 1.18. The maximum absolute atomic E-state index is 14.8. The highest BCUT2D eigenvalue weighted by Gasteiger charge is 2.28. The molecule has 2 aliphatic rings. The molecule has 0 saturated heterocycles. The minimum absolute atomic E-state index is 0.0704. The number of ketones is 1. The molecule has 0 spiro atoms. The van der Waals surface area contributed by atoms with Crippen molar-refractivity contribution in [2.75, 3.05) is 18.5 Å². The quantitative estimate of drug-likeness (QED) is 0.486. The summed E-state index contributed by atoms with van der Waals surface area (Å²) in [6.07, 6.45) is 11.1. The van der Waals surface area contributed by atoms with Gasteiger partial charge in [0.1, 0.15) is 5.82 Å². The Morgan fingerprint density at radius 1 is 1.18 bits per heavy atom. The standard InChI is InChI=1S/C28H33FN4O/c1-17-9-19(11-21(30)10-17)23-7-8-31-14-20(23)12-27(34)24-5-6-26(29)25-13-22(15-32-28(24)25)33(2)16-18-3-4-18/h5-8,13-15,17-19,21H,3-4,9-12,16,30H2,1-2H3/t17-,19+,21-/m0/s1. The van der Waals surface area contributed by atoms with Crippen molar-refractivity contribution in [3.8, 4) is 0 Å². The van der Waals surface area contributed by atoms with Crippen LogP contribution in [0.15, 0.2) is 42.9 Å². The second-order valence-corrected chi connectivity index (χ2v) is 10.5. The molecule has 2 N–H and O–H groups in total. The third-order valence-corrected chi connectivity index (χ3v) is 7.46. The van der Waals surface area contributed by atoms with Gasteiger partial charge in [-0.25, -0.2) is 4.39 Å². The summed E-state index contributed by atoms with van der Waals surface area (Å²) in [5, 5.41) is 0.393. The van der Waals surface area contributed by atoms with Gasteiger partial charge in [0.15, 0.2) is 5.78 Å². The number of aromatic nitrogens is 2. The topological polar surface area (TPSA) is 72.1 Å². The van der Waals surface area contributed by atoms with Crippen LogP contribution < -0.4 is 10.6 Å². The zero-order chi connectivity index (χ0) is 23.8. The number of Topliss-reactive ketones (excluding diaryl/α,β-unsaturated/α-hetero) is 1. The SMILES string of the molecule is C[C@@H]1C[C@H](N)C[C@H](c2ccncc2CC(=O)c2ccc(F)c3cc(N(C)CC4CC4)cnc23)C1. The summed E-state index contributed by atoms with van der Waals surface area (Å²) in [6.45, 7) is 3.19. The van der Waals surface area contributed by atoms with E-state index in [1.54, 1.807) is 24.7 Å². The van der Waals surface area contributed by atoms with Crippen molar-refractivity contribution in [3.63, 3.8) is 0 Å². The number of rotatable bonds is 7. The molecule has 0 unspecified atom stereocenters. The molecule has 2 fully saturated rings. The van der Waals surface area contributed by atoms with E-state index in [9.17, 15) is 9.18 Å². The van der Waals surface area contributed by atoms with Crippen LogP contribution >= 0.6 is 0 Å². The summed E-state index contributed by atoms with van der Waals surface area (Å²) < 4.78 is 14.8. The van der Waals surface area contributed by atoms with Crippen LogP contribution in [0.25, 0.3) is 10.9 Å². The minimum Gasteiger partial charge on any atom is -0.373 e. The van der Waals surface area contributed by atoms with Gasteiger partial charge in [-0.2, -0.15) is 0 Å². The molecule has 2 saturated carbocycles. The van der Waals surface area contributed by atoms with E-state index in [0.29, 0.717) is 34.2 Å². The highest BCUT2D eigenvalue weighted by molar-refractivity contribution is 6.08. The number of carbonyl (C=O) groups excluding carboxylic acids is 1. The lowest BCUT2D eigenvalue weighted by Crippen LogP contribution is -2.31. The first-order valence-electron chi connectivity index (χ1n) is 12.4. The van der Waals surface area contributed by atoms with Gasteiger partial charge in [-0.1, -0.05) is 6.92 Å². The molecule has 178 valence electrons. The van der Waals surface area contributed by atoms with Crippen LogP contribution in [0.3, 0.4) is 0 Å². The number of anilines is 1. The molecule has 5 rings (SSSR count). The van der Waals surface area contributed by atoms with Gasteiger partial charge in [0.25, 0.3) is 0 Å². The molecule has 2 heterocycles. The van der Waals surface area contributed by atoms with Crippen molar-refractivity contribution in [2.45, 2.75) is 57.4 Å². The molecule has 0 aliphatic heterocycles. The number of halogens is 1. The average Bonchev–Trinajstić information content (AvgIpc) is 3.63. The first-order valence-corrected chi connectivity index (χ1v) is 12.4. The van der Waals surface area contributed by atoms with Crippen LogP contribution in [0.1, 0.15) is 66.4 Å². The Morgan fingerprint density at radius 2 is 2.00 bits per heavy atom. The van der Waals surface area contributed by atoms with E-state index in [1.165, 1.54) is 18.9 Å². The summed E-state index contributed by atoms with van der Waals surface area (Å²) in [6, 6.07) is 6.98. The van der Waals surface area contributed by atoms with E-state index in [1.807, 2.05) is 19.2 Å². The number of hydrogen-bond acceptors (Lipinski definition) is 5. The van der Waals surface area contributed by atoms with Crippen molar-refractivity contribution in [2.24, 2.45) is 17.6 Å². The van der Waals surface area contributed by atoms with Crippen LogP contribution in [0.4, 0.5) is 10.1 Å². The van der Waals surface area contributed by atoms with Gasteiger partial charge in [-0.15, -0.1) is 0 Å². The maximum Gasteiger partial charge on any atom is 0.169 e. The van der Waals surface area contributed by atoms with Gasteiger partial charge in [-0.3, -0.25) is 14.8 Å². The first-order chi connectivity index (χ1) is 16.4. The van der Waals surface area contributed by atoms with E-state index in [2.05, 4.69) is 21.8 Å². The van der Waals surface area contributed by atoms with Crippen LogP contribution in [-0.4, -0.2) is 35.4 Å². The molecule has 5 nitrogen and oxygen atoms in total. The van der Waals surface area contributed by atoms with Crippen molar-refractivity contribution < 1.29 is 9.18 Å². The maximum atomic E-state index is 14.8. The second-order valence-electron chi connectivity index (χ2n) is 10.5. The van der Waals surface area contributed by atoms with Gasteiger partial charge in [0.05, 0.1) is 17.4 Å². The molecule has 1 aromatic carbocycles. The summed E-state index contributed by atoms with van der Waals surface area (Å²) >= 11 is 0. The molecule has 0 amide bonds. The Bertz CT molecular complexity index is 1200. The zero-order valence-electron chi connectivity index (χ0n) is 20.0. The molecule has 34 heavy (non-hydrogen) atoms. The Morgan fingerprint density at radius 3 is 2.76 bits per heavy atom. The first kappa shape index (κ1) is 22.9. The van der Waals surface area contributed by atoms with Crippen LogP contribution in [0.2, 0.25) is 0 Å². The largest absolute Gasteiger partial charge is 0.373 e. The molecule has 6 heteroatoms. The highest BCUT2D eigenvalue weighted by Crippen LogP contribution is 2.37. The third-order valence-electron chi connectivity index (χ3n) is 7.46. The van der Waals surface area contributed by atoms with E-state index < -0.39 is 0 Å². The molecule has 3 aromatic rings. The number of carbonyl (C=O) groups is 1. The number of pyridine rings is 2. The van der Waals surface area contributed by atoms with Gasteiger partial charge in [0.2, 0.25) is 0 Å². The highest BCUT2D eigenvalue weighted by atomic mass is 19.1. The number of fused-ring (bicyclic) bond motifs is 1. The molecular weight excluding hydrogens is 427 g/mol. The van der Waals surface area contributed by atoms with Gasteiger partial charge in [0, 0.05) is 49.4 Å². The van der Waals surface area contributed by atoms with E-state index in [-0.39, 0.29) is 24.1 Å². The number of hydrogen-bond donors (Lipinski definition) is 1. The Balaban J connectivity index is 1.43. The number of benzene rings is 1. The van der Waals surface area contributed by atoms with Gasteiger partial charge < -0.3 is 10.6 Å². The van der Waals surface area contributed by atoms with E-state index in [4.69, 9.17) is 5.73 Å². The lowest BCUT2D eigenvalue weighted by atomic mass is 9.75. The summed E-state index contributed by atoms with van der Waals surface area (Å²) in [7, 11) is 2.01. The molecule has 2 aromatic heterocycles. The average molecular weight is 461 g/mol. The van der Waals surface area contributed by atoms with Crippen LogP contribution in [0, 0.1) is 17.7 Å². The fraction of sp³-hybridized carbons (Fsp3) is 0.464. The molecule has 3 atom stereocenters. The lowest BCUT2D eigenvalue weighted by Gasteiger charge is -2.32. The number of nitrogens with two attached hydrogens (primary N) is 1. The summed E-state index contributed by atoms with van der Waals surface area (Å²) in [5.41, 5.74) is 10.1. The predicted molar refractivity (Wildman–Crippen MR) is 134 cm³/mol. The predicted octanol–water partition coefficient (Wildman–Crippen LogP) is 5.27. The number of nitrogens with zero attached hydrogens (tertiary/aromatic N) is 3. The molecular formula is C28H33FN4O. The Labute approximate surface area is 200 Å². The molecule has 0 radical (unpaired) electrons. The summed E-state index contributed by atoms with van der Waals surface area (Å²) in [4.78, 5) is 24.4. The van der Waals surface area contributed by atoms with Crippen molar-refractivity contribution >= 4 is 22.4 Å². The molecule has 0 bridgehead atoms. The monoisotopic (exact) mass is 460 g/mol. The Hall–Kier alpha value is -2.86. The van der Waals surface area contributed by atoms with E-state index >= 15 is 0 Å². The normalized spacial score (nSPS) is 22.6.